The Hall–Kier alpha value is -4.32. The smallest absolute Gasteiger partial charge is 0.165 e. The summed E-state index contributed by atoms with van der Waals surface area (Å²) in [6.07, 6.45) is 5.39. The molecular formula is C29H30N8. The van der Waals surface area contributed by atoms with E-state index >= 15 is 0 Å². The van der Waals surface area contributed by atoms with E-state index in [-0.39, 0.29) is 0 Å². The van der Waals surface area contributed by atoms with Gasteiger partial charge in [0.05, 0.1) is 22.9 Å². The van der Waals surface area contributed by atoms with Crippen LogP contribution in [0.25, 0.3) is 33.8 Å². The van der Waals surface area contributed by atoms with Crippen LogP contribution in [-0.2, 0) is 6.54 Å². The van der Waals surface area contributed by atoms with E-state index in [1.807, 2.05) is 48.8 Å². The van der Waals surface area contributed by atoms with Crippen LogP contribution in [0.5, 0.6) is 0 Å². The maximum absolute atomic E-state index is 9.63. The number of pyridine rings is 2. The van der Waals surface area contributed by atoms with Gasteiger partial charge in [-0.15, -0.1) is 0 Å². The van der Waals surface area contributed by atoms with E-state index in [0.717, 1.165) is 55.1 Å². The predicted molar refractivity (Wildman–Crippen MR) is 148 cm³/mol. The fourth-order valence-corrected chi connectivity index (χ4v) is 4.74. The number of anilines is 1. The summed E-state index contributed by atoms with van der Waals surface area (Å²) in [6, 6.07) is 18.4. The van der Waals surface area contributed by atoms with Gasteiger partial charge in [-0.3, -0.25) is 9.47 Å². The fraction of sp³-hybridized carbons (Fsp3) is 0.241. The summed E-state index contributed by atoms with van der Waals surface area (Å²) >= 11 is 0. The van der Waals surface area contributed by atoms with Gasteiger partial charge in [0.1, 0.15) is 11.3 Å². The molecule has 1 fully saturated rings. The molecule has 8 nitrogen and oxygen atoms in total. The van der Waals surface area contributed by atoms with Crippen molar-refractivity contribution >= 4 is 22.6 Å². The Kier molecular flexibility index (Phi) is 7.08. The Morgan fingerprint density at radius 1 is 1.05 bits per heavy atom. The van der Waals surface area contributed by atoms with Gasteiger partial charge >= 0.3 is 0 Å². The quantitative estimate of drug-likeness (QED) is 0.306. The molecule has 1 aliphatic heterocycles. The van der Waals surface area contributed by atoms with Gasteiger partial charge in [0.2, 0.25) is 0 Å². The Bertz CT molecular complexity index is 1520. The number of nitrogens with two attached hydrogens (primary N) is 1. The molecule has 5 rings (SSSR count). The molecule has 3 aromatic heterocycles. The lowest BCUT2D eigenvalue weighted by Gasteiger charge is -2.27. The van der Waals surface area contributed by atoms with E-state index in [4.69, 9.17) is 15.7 Å². The van der Waals surface area contributed by atoms with E-state index in [1.54, 1.807) is 12.3 Å². The van der Waals surface area contributed by atoms with Gasteiger partial charge in [-0.05, 0) is 55.8 Å². The molecule has 8 heteroatoms. The summed E-state index contributed by atoms with van der Waals surface area (Å²) in [5, 5.41) is 13.0. The number of nitrogen functional groups attached to an aromatic ring is 1. The van der Waals surface area contributed by atoms with Crippen LogP contribution in [0.3, 0.4) is 0 Å². The summed E-state index contributed by atoms with van der Waals surface area (Å²) in [6.45, 7) is 8.84. The molecule has 3 N–H and O–H groups in total. The zero-order valence-electron chi connectivity index (χ0n) is 21.1. The predicted octanol–water partition coefficient (Wildman–Crippen LogP) is 4.34. The second kappa shape index (κ2) is 10.7. The van der Waals surface area contributed by atoms with Crippen LogP contribution in [0.4, 0.5) is 5.82 Å². The van der Waals surface area contributed by atoms with Crippen molar-refractivity contribution in [1.82, 2.24) is 29.7 Å². The van der Waals surface area contributed by atoms with E-state index in [1.165, 1.54) is 5.56 Å². The Balaban J connectivity index is 1.64. The maximum atomic E-state index is 9.63. The zero-order chi connectivity index (χ0) is 25.8. The minimum Gasteiger partial charge on any atom is -0.383 e. The maximum Gasteiger partial charge on any atom is 0.165 e. The summed E-state index contributed by atoms with van der Waals surface area (Å²) in [4.78, 5) is 16.7. The number of aromatic nitrogens is 4. The second-order valence-electron chi connectivity index (χ2n) is 8.96. The summed E-state index contributed by atoms with van der Waals surface area (Å²) in [5.41, 5.74) is 12.7. The van der Waals surface area contributed by atoms with Crippen molar-refractivity contribution in [3.63, 3.8) is 0 Å². The summed E-state index contributed by atoms with van der Waals surface area (Å²) in [5.74, 6) is 1.08. The molecule has 1 saturated heterocycles. The highest BCUT2D eigenvalue weighted by Crippen LogP contribution is 2.32. The molecule has 0 bridgehead atoms. The van der Waals surface area contributed by atoms with Gasteiger partial charge in [-0.1, -0.05) is 24.3 Å². The standard InChI is InChI=1S/C29H30N8/c1-3-21(18-30)23(4-2)25-11-12-26-29(34-25)37(28(35-26)24-6-5-13-33-27(24)31)22-9-7-20(8-10-22)19-36-16-14-32-15-17-36/h3-13,32H,14-17,19H2,1-2H3,(H2,31,33)/b21-3-,23-4+. The molecule has 4 aromatic rings. The van der Waals surface area contributed by atoms with E-state index in [2.05, 4.69) is 45.5 Å². The van der Waals surface area contributed by atoms with Crippen LogP contribution in [0.15, 0.2) is 72.5 Å². The first-order valence-electron chi connectivity index (χ1n) is 12.5. The largest absolute Gasteiger partial charge is 0.383 e. The Morgan fingerprint density at radius 3 is 2.51 bits per heavy atom. The Morgan fingerprint density at radius 2 is 1.84 bits per heavy atom. The number of piperazine rings is 1. The number of nitrogens with one attached hydrogen (secondary N) is 1. The van der Waals surface area contributed by atoms with Crippen LogP contribution in [0, 0.1) is 11.3 Å². The molecule has 0 unspecified atom stereocenters. The molecule has 0 atom stereocenters. The fourth-order valence-electron chi connectivity index (χ4n) is 4.74. The molecule has 0 amide bonds. The van der Waals surface area contributed by atoms with E-state index in [9.17, 15) is 5.26 Å². The van der Waals surface area contributed by atoms with Crippen LogP contribution < -0.4 is 11.1 Å². The third-order valence-electron chi connectivity index (χ3n) is 6.66. The van der Waals surface area contributed by atoms with Gasteiger partial charge in [0.15, 0.2) is 11.5 Å². The number of fused-ring (bicyclic) bond motifs is 1. The number of allylic oxidation sites excluding steroid dienone is 4. The van der Waals surface area contributed by atoms with Gasteiger partial charge in [-0.25, -0.2) is 15.0 Å². The highest BCUT2D eigenvalue weighted by atomic mass is 15.2. The van der Waals surface area contributed by atoms with Crippen molar-refractivity contribution in [2.24, 2.45) is 0 Å². The normalized spacial score (nSPS) is 15.2. The number of nitriles is 1. The molecule has 37 heavy (non-hydrogen) atoms. The zero-order valence-corrected chi connectivity index (χ0v) is 21.1. The topological polar surface area (TPSA) is 109 Å². The molecule has 1 aromatic carbocycles. The van der Waals surface area contributed by atoms with E-state index in [0.29, 0.717) is 28.6 Å². The van der Waals surface area contributed by atoms with Gasteiger partial charge in [0, 0.05) is 50.2 Å². The lowest BCUT2D eigenvalue weighted by atomic mass is 10.0. The lowest BCUT2D eigenvalue weighted by Crippen LogP contribution is -2.42. The second-order valence-corrected chi connectivity index (χ2v) is 8.96. The third-order valence-corrected chi connectivity index (χ3v) is 6.66. The van der Waals surface area contributed by atoms with Crippen LogP contribution in [-0.4, -0.2) is 50.6 Å². The number of nitrogens with zero attached hydrogens (tertiary/aromatic N) is 6. The first kappa shape index (κ1) is 24.4. The average molecular weight is 491 g/mol. The molecular weight excluding hydrogens is 460 g/mol. The van der Waals surface area contributed by atoms with Gasteiger partial charge in [-0.2, -0.15) is 5.26 Å². The van der Waals surface area contributed by atoms with Gasteiger partial charge in [0.25, 0.3) is 0 Å². The van der Waals surface area contributed by atoms with Crippen molar-refractivity contribution in [1.29, 1.82) is 5.26 Å². The van der Waals surface area contributed by atoms with Crippen molar-refractivity contribution in [3.8, 4) is 23.1 Å². The summed E-state index contributed by atoms with van der Waals surface area (Å²) < 4.78 is 2.02. The average Bonchev–Trinajstić information content (AvgIpc) is 3.31. The third kappa shape index (κ3) is 4.87. The Labute approximate surface area is 216 Å². The molecule has 0 radical (unpaired) electrons. The monoisotopic (exact) mass is 490 g/mol. The van der Waals surface area contributed by atoms with Crippen molar-refractivity contribution in [2.75, 3.05) is 31.9 Å². The SMILES string of the molecule is C/C=C(C#N)\C(=C/C)c1ccc2nc(-c3cccnc3N)n(-c3ccc(CN4CCNCC4)cc3)c2n1. The van der Waals surface area contributed by atoms with Crippen molar-refractivity contribution < 1.29 is 0 Å². The lowest BCUT2D eigenvalue weighted by molar-refractivity contribution is 0.233. The highest BCUT2D eigenvalue weighted by Gasteiger charge is 2.20. The van der Waals surface area contributed by atoms with Crippen LogP contribution in [0.1, 0.15) is 25.1 Å². The van der Waals surface area contributed by atoms with Crippen LogP contribution >= 0.6 is 0 Å². The highest BCUT2D eigenvalue weighted by molar-refractivity contribution is 5.87. The number of benzene rings is 1. The number of imidazole rings is 1. The molecule has 0 saturated carbocycles. The van der Waals surface area contributed by atoms with Gasteiger partial charge < -0.3 is 11.1 Å². The first-order valence-corrected chi connectivity index (χ1v) is 12.5. The number of hydrogen-bond donors (Lipinski definition) is 2. The molecule has 4 heterocycles. The van der Waals surface area contributed by atoms with Crippen molar-refractivity contribution in [2.45, 2.75) is 20.4 Å². The molecule has 186 valence electrons. The number of hydrogen-bond acceptors (Lipinski definition) is 7. The summed E-state index contributed by atoms with van der Waals surface area (Å²) in [7, 11) is 0. The number of rotatable bonds is 6. The molecule has 0 spiro atoms. The van der Waals surface area contributed by atoms with E-state index < -0.39 is 0 Å². The van der Waals surface area contributed by atoms with Crippen molar-refractivity contribution in [3.05, 3.63) is 83.7 Å². The minimum absolute atomic E-state index is 0.407. The van der Waals surface area contributed by atoms with Crippen LogP contribution in [0.2, 0.25) is 0 Å². The molecule has 0 aliphatic carbocycles. The minimum atomic E-state index is 0.407. The first-order chi connectivity index (χ1) is 18.1. The molecule has 1 aliphatic rings.